The van der Waals surface area contributed by atoms with Crippen molar-refractivity contribution in [1.29, 1.82) is 0 Å². The summed E-state index contributed by atoms with van der Waals surface area (Å²) in [5, 5.41) is 2.80. The molecular formula is C18H18FNO4. The maximum Gasteiger partial charge on any atom is 0.225 e. The first kappa shape index (κ1) is 16.1. The molecule has 1 atom stereocenters. The molecule has 0 aromatic heterocycles. The van der Waals surface area contributed by atoms with E-state index in [0.717, 1.165) is 0 Å². The maximum absolute atomic E-state index is 14.3. The third-order valence-corrected chi connectivity index (χ3v) is 4.16. The predicted octanol–water partition coefficient (Wildman–Crippen LogP) is 3.33. The van der Waals surface area contributed by atoms with Crippen molar-refractivity contribution in [3.05, 3.63) is 47.3 Å². The molecule has 1 aliphatic heterocycles. The first-order valence-electron chi connectivity index (χ1n) is 7.47. The summed E-state index contributed by atoms with van der Waals surface area (Å²) in [6, 6.07) is 8.10. The van der Waals surface area contributed by atoms with Gasteiger partial charge < -0.3 is 19.5 Å². The topological polar surface area (TPSA) is 56.8 Å². The molecule has 0 radical (unpaired) electrons. The van der Waals surface area contributed by atoms with E-state index < -0.39 is 5.92 Å². The zero-order valence-corrected chi connectivity index (χ0v) is 13.7. The average Bonchev–Trinajstić information content (AvgIpc) is 2.59. The molecule has 1 heterocycles. The number of anilines is 1. The van der Waals surface area contributed by atoms with Gasteiger partial charge in [-0.2, -0.15) is 0 Å². The predicted molar refractivity (Wildman–Crippen MR) is 87.6 cm³/mol. The highest BCUT2D eigenvalue weighted by atomic mass is 19.1. The second kappa shape index (κ2) is 6.39. The van der Waals surface area contributed by atoms with Crippen molar-refractivity contribution < 1.29 is 23.4 Å². The molecular weight excluding hydrogens is 313 g/mol. The summed E-state index contributed by atoms with van der Waals surface area (Å²) in [6.07, 6.45) is 0.125. The molecule has 0 bridgehead atoms. The molecule has 3 rings (SSSR count). The van der Waals surface area contributed by atoms with Gasteiger partial charge in [0, 0.05) is 24.0 Å². The van der Waals surface area contributed by atoms with Crippen molar-refractivity contribution in [1.82, 2.24) is 0 Å². The summed E-state index contributed by atoms with van der Waals surface area (Å²) < 4.78 is 30.6. The molecule has 1 aliphatic rings. The van der Waals surface area contributed by atoms with E-state index >= 15 is 0 Å². The maximum atomic E-state index is 14.3. The van der Waals surface area contributed by atoms with Gasteiger partial charge in [0.15, 0.2) is 11.5 Å². The lowest BCUT2D eigenvalue weighted by atomic mass is 9.83. The third-order valence-electron chi connectivity index (χ3n) is 4.16. The van der Waals surface area contributed by atoms with Gasteiger partial charge in [0.1, 0.15) is 5.82 Å². The van der Waals surface area contributed by atoms with Crippen molar-refractivity contribution >= 4 is 11.6 Å². The first-order valence-corrected chi connectivity index (χ1v) is 7.47. The lowest BCUT2D eigenvalue weighted by molar-refractivity contribution is -0.116. The van der Waals surface area contributed by atoms with Crippen molar-refractivity contribution in [2.75, 3.05) is 26.6 Å². The molecule has 2 aromatic carbocycles. The fraction of sp³-hybridized carbons (Fsp3) is 0.278. The minimum absolute atomic E-state index is 0.125. The van der Waals surface area contributed by atoms with Crippen LogP contribution in [0.3, 0.4) is 0 Å². The van der Waals surface area contributed by atoms with Crippen LogP contribution in [0.25, 0.3) is 0 Å². The van der Waals surface area contributed by atoms with Gasteiger partial charge in [-0.25, -0.2) is 4.39 Å². The van der Waals surface area contributed by atoms with Gasteiger partial charge in [-0.05, 0) is 11.6 Å². The zero-order chi connectivity index (χ0) is 17.3. The Bertz CT molecular complexity index is 791. The Labute approximate surface area is 139 Å². The second-order valence-electron chi connectivity index (χ2n) is 5.43. The van der Waals surface area contributed by atoms with E-state index in [0.29, 0.717) is 34.1 Å². The van der Waals surface area contributed by atoms with E-state index in [4.69, 9.17) is 14.2 Å². The Morgan fingerprint density at radius 2 is 1.79 bits per heavy atom. The number of methoxy groups -OCH3 is 3. The minimum atomic E-state index is -0.468. The van der Waals surface area contributed by atoms with E-state index in [-0.39, 0.29) is 18.1 Å². The third kappa shape index (κ3) is 2.54. The Morgan fingerprint density at radius 3 is 2.42 bits per heavy atom. The molecule has 6 heteroatoms. The van der Waals surface area contributed by atoms with Crippen LogP contribution >= 0.6 is 0 Å². The largest absolute Gasteiger partial charge is 0.493 e. The van der Waals surface area contributed by atoms with Gasteiger partial charge >= 0.3 is 0 Å². The van der Waals surface area contributed by atoms with Gasteiger partial charge in [0.25, 0.3) is 0 Å². The highest BCUT2D eigenvalue weighted by Crippen LogP contribution is 2.51. The number of hydrogen-bond acceptors (Lipinski definition) is 4. The van der Waals surface area contributed by atoms with E-state index in [1.165, 1.54) is 27.4 Å². The van der Waals surface area contributed by atoms with E-state index in [2.05, 4.69) is 5.32 Å². The number of amides is 1. The molecule has 1 N–H and O–H groups in total. The Hall–Kier alpha value is -2.76. The van der Waals surface area contributed by atoms with Crippen LogP contribution < -0.4 is 19.5 Å². The molecule has 0 spiro atoms. The van der Waals surface area contributed by atoms with Crippen LogP contribution in [0.2, 0.25) is 0 Å². The number of carbonyl (C=O) groups excluding carboxylic acids is 1. The number of ether oxygens (including phenoxy) is 3. The Morgan fingerprint density at radius 1 is 1.08 bits per heavy atom. The van der Waals surface area contributed by atoms with Gasteiger partial charge in [0.2, 0.25) is 11.7 Å². The lowest BCUT2D eigenvalue weighted by Crippen LogP contribution is -2.25. The van der Waals surface area contributed by atoms with Crippen molar-refractivity contribution in [3.8, 4) is 17.2 Å². The molecule has 24 heavy (non-hydrogen) atoms. The van der Waals surface area contributed by atoms with E-state index in [9.17, 15) is 9.18 Å². The summed E-state index contributed by atoms with van der Waals surface area (Å²) in [5.74, 6) is 0.258. The van der Waals surface area contributed by atoms with Crippen molar-refractivity contribution in [2.24, 2.45) is 0 Å². The average molecular weight is 331 g/mol. The summed E-state index contributed by atoms with van der Waals surface area (Å²) in [4.78, 5) is 12.1. The van der Waals surface area contributed by atoms with Crippen LogP contribution in [0, 0.1) is 5.82 Å². The van der Waals surface area contributed by atoms with Crippen LogP contribution in [-0.4, -0.2) is 27.2 Å². The molecule has 0 fully saturated rings. The number of halogens is 1. The van der Waals surface area contributed by atoms with Gasteiger partial charge in [0.05, 0.1) is 27.0 Å². The second-order valence-corrected chi connectivity index (χ2v) is 5.43. The number of benzene rings is 2. The number of fused-ring (bicyclic) bond motifs is 1. The number of carbonyl (C=O) groups is 1. The highest BCUT2D eigenvalue weighted by molar-refractivity contribution is 5.97. The standard InChI is InChI=1S/C18H18FNO4/c1-22-14-9-13-16(18(24-3)17(14)23-2)11(8-15(21)20-13)10-6-4-5-7-12(10)19/h4-7,9,11H,8H2,1-3H3,(H,20,21)/t11-/m1/s1. The Kier molecular flexibility index (Phi) is 4.29. The Balaban J connectivity index is 2.28. The molecule has 1 amide bonds. The summed E-state index contributed by atoms with van der Waals surface area (Å²) in [7, 11) is 4.52. The van der Waals surface area contributed by atoms with Crippen molar-refractivity contribution in [3.63, 3.8) is 0 Å². The molecule has 0 unspecified atom stereocenters. The normalized spacial score (nSPS) is 16.2. The molecule has 2 aromatic rings. The lowest BCUT2D eigenvalue weighted by Gasteiger charge is -2.29. The summed E-state index contributed by atoms with van der Waals surface area (Å²) in [6.45, 7) is 0. The fourth-order valence-electron chi connectivity index (χ4n) is 3.14. The quantitative estimate of drug-likeness (QED) is 0.934. The monoisotopic (exact) mass is 331 g/mol. The van der Waals surface area contributed by atoms with Crippen LogP contribution in [0.15, 0.2) is 30.3 Å². The SMILES string of the molecule is COc1cc2c(c(OC)c1OC)[C@@H](c1ccccc1F)CC(=O)N2. The van der Waals surface area contributed by atoms with Crippen LogP contribution in [0.4, 0.5) is 10.1 Å². The smallest absolute Gasteiger partial charge is 0.225 e. The van der Waals surface area contributed by atoms with Crippen LogP contribution in [0.5, 0.6) is 17.2 Å². The fourth-order valence-corrected chi connectivity index (χ4v) is 3.14. The number of rotatable bonds is 4. The van der Waals surface area contributed by atoms with Crippen LogP contribution in [-0.2, 0) is 4.79 Å². The summed E-state index contributed by atoms with van der Waals surface area (Å²) >= 11 is 0. The van der Waals surface area contributed by atoms with Crippen LogP contribution in [0.1, 0.15) is 23.5 Å². The molecule has 0 saturated carbocycles. The molecule has 126 valence electrons. The first-order chi connectivity index (χ1) is 11.6. The van der Waals surface area contributed by atoms with E-state index in [1.54, 1.807) is 24.3 Å². The van der Waals surface area contributed by atoms with Gasteiger partial charge in [-0.3, -0.25) is 4.79 Å². The number of hydrogen-bond donors (Lipinski definition) is 1. The van der Waals surface area contributed by atoms with E-state index in [1.807, 2.05) is 0 Å². The highest BCUT2D eigenvalue weighted by Gasteiger charge is 2.34. The molecule has 5 nitrogen and oxygen atoms in total. The van der Waals surface area contributed by atoms with Crippen molar-refractivity contribution in [2.45, 2.75) is 12.3 Å². The molecule has 0 saturated heterocycles. The number of nitrogens with one attached hydrogen (secondary N) is 1. The van der Waals surface area contributed by atoms with Gasteiger partial charge in [-0.15, -0.1) is 0 Å². The van der Waals surface area contributed by atoms with Gasteiger partial charge in [-0.1, -0.05) is 18.2 Å². The minimum Gasteiger partial charge on any atom is -0.493 e. The zero-order valence-electron chi connectivity index (χ0n) is 13.7. The summed E-state index contributed by atoms with van der Waals surface area (Å²) in [5.41, 5.74) is 1.66. The molecule has 0 aliphatic carbocycles.